The van der Waals surface area contributed by atoms with Gasteiger partial charge in [-0.2, -0.15) is 0 Å². The van der Waals surface area contributed by atoms with Gasteiger partial charge in [-0.05, 0) is 19.4 Å². The lowest BCUT2D eigenvalue weighted by molar-refractivity contribution is -0.117. The molecule has 1 aromatic rings. The van der Waals surface area contributed by atoms with Gasteiger partial charge in [0.15, 0.2) is 0 Å². The van der Waals surface area contributed by atoms with Crippen LogP contribution in [0.3, 0.4) is 0 Å². The first-order valence-corrected chi connectivity index (χ1v) is 3.99. The monoisotopic (exact) mass is 164 g/mol. The van der Waals surface area contributed by atoms with E-state index in [1.807, 2.05) is 25.6 Å². The predicted octanol–water partition coefficient (Wildman–Crippen LogP) is 1.88. The third-order valence-electron chi connectivity index (χ3n) is 1.90. The van der Waals surface area contributed by atoms with E-state index in [0.29, 0.717) is 12.3 Å². The van der Waals surface area contributed by atoms with Gasteiger partial charge in [0.1, 0.15) is 5.76 Å². The van der Waals surface area contributed by atoms with Crippen molar-refractivity contribution in [2.75, 3.05) is 4.90 Å². The van der Waals surface area contributed by atoms with Crippen molar-refractivity contribution in [2.45, 2.75) is 19.8 Å². The van der Waals surface area contributed by atoms with Gasteiger partial charge in [-0.1, -0.05) is 0 Å². The number of rotatable bonds is 1. The predicted molar refractivity (Wildman–Crippen MR) is 44.5 cm³/mol. The van der Waals surface area contributed by atoms with Crippen LogP contribution in [0.15, 0.2) is 16.5 Å². The van der Waals surface area contributed by atoms with E-state index in [2.05, 4.69) is 0 Å². The second-order valence-corrected chi connectivity index (χ2v) is 2.87. The molecule has 1 saturated heterocycles. The minimum absolute atomic E-state index is 0.115. The Bertz CT molecular complexity index is 303. The molecule has 0 aliphatic carbocycles. The van der Waals surface area contributed by atoms with Crippen LogP contribution in [0.1, 0.15) is 18.6 Å². The normalized spacial score (nSPS) is 17.4. The fourth-order valence-electron chi connectivity index (χ4n) is 1.30. The summed E-state index contributed by atoms with van der Waals surface area (Å²) in [7, 11) is 0. The van der Waals surface area contributed by atoms with Gasteiger partial charge in [0.05, 0.1) is 6.54 Å². The fourth-order valence-corrected chi connectivity index (χ4v) is 1.30. The van der Waals surface area contributed by atoms with Gasteiger partial charge >= 0.3 is 0 Å². The topological polar surface area (TPSA) is 33.5 Å². The zero-order valence-electron chi connectivity index (χ0n) is 6.91. The molecule has 1 aromatic heterocycles. The van der Waals surface area contributed by atoms with Crippen molar-refractivity contribution < 1.29 is 9.21 Å². The SMILES string of the molecule is Cc1ccc(N2[CH]CCC2=O)o1. The molecule has 0 atom stereocenters. The van der Waals surface area contributed by atoms with Crippen molar-refractivity contribution in [3.8, 4) is 0 Å². The molecule has 2 rings (SSSR count). The molecule has 1 fully saturated rings. The van der Waals surface area contributed by atoms with E-state index in [4.69, 9.17) is 4.42 Å². The summed E-state index contributed by atoms with van der Waals surface area (Å²) in [6.45, 7) is 3.73. The Hall–Kier alpha value is -1.25. The second-order valence-electron chi connectivity index (χ2n) is 2.87. The summed E-state index contributed by atoms with van der Waals surface area (Å²) in [5.74, 6) is 1.58. The van der Waals surface area contributed by atoms with Crippen LogP contribution in [-0.4, -0.2) is 5.91 Å². The smallest absolute Gasteiger partial charge is 0.229 e. The van der Waals surface area contributed by atoms with Crippen LogP contribution in [0.2, 0.25) is 0 Å². The van der Waals surface area contributed by atoms with Gasteiger partial charge in [-0.3, -0.25) is 9.69 Å². The molecule has 1 amide bonds. The minimum atomic E-state index is 0.115. The molecule has 0 bridgehead atoms. The maximum absolute atomic E-state index is 11.2. The Labute approximate surface area is 71.0 Å². The van der Waals surface area contributed by atoms with Crippen molar-refractivity contribution in [1.82, 2.24) is 0 Å². The summed E-state index contributed by atoms with van der Waals surface area (Å²) in [5.41, 5.74) is 0. The molecular weight excluding hydrogens is 154 g/mol. The zero-order chi connectivity index (χ0) is 8.55. The van der Waals surface area contributed by atoms with E-state index in [9.17, 15) is 4.79 Å². The highest BCUT2D eigenvalue weighted by molar-refractivity contribution is 5.95. The van der Waals surface area contributed by atoms with Crippen LogP contribution in [0.25, 0.3) is 0 Å². The summed E-state index contributed by atoms with van der Waals surface area (Å²) < 4.78 is 5.31. The van der Waals surface area contributed by atoms with Crippen LogP contribution in [0, 0.1) is 13.5 Å². The highest BCUT2D eigenvalue weighted by atomic mass is 16.4. The first-order valence-electron chi connectivity index (χ1n) is 3.99. The number of nitrogens with zero attached hydrogens (tertiary/aromatic N) is 1. The maximum Gasteiger partial charge on any atom is 0.229 e. The summed E-state index contributed by atoms with van der Waals surface area (Å²) in [6, 6.07) is 3.67. The number of carbonyl (C=O) groups is 1. The highest BCUT2D eigenvalue weighted by Crippen LogP contribution is 2.25. The Morgan fingerprint density at radius 2 is 2.33 bits per heavy atom. The van der Waals surface area contributed by atoms with Crippen LogP contribution in [0.4, 0.5) is 5.88 Å². The number of hydrogen-bond donors (Lipinski definition) is 0. The molecule has 1 aliphatic heterocycles. The quantitative estimate of drug-likeness (QED) is 0.635. The summed E-state index contributed by atoms with van der Waals surface area (Å²) in [5, 5.41) is 0. The van der Waals surface area contributed by atoms with Gasteiger partial charge in [0.25, 0.3) is 0 Å². The van der Waals surface area contributed by atoms with E-state index in [1.54, 1.807) is 4.90 Å². The second kappa shape index (κ2) is 2.66. The average molecular weight is 164 g/mol. The Balaban J connectivity index is 2.24. The molecule has 1 radical (unpaired) electrons. The van der Waals surface area contributed by atoms with E-state index in [-0.39, 0.29) is 5.91 Å². The number of aryl methyl sites for hydroxylation is 1. The summed E-state index contributed by atoms with van der Waals surface area (Å²) >= 11 is 0. The molecule has 0 unspecified atom stereocenters. The number of amides is 1. The van der Waals surface area contributed by atoms with Gasteiger partial charge in [0.2, 0.25) is 11.8 Å². The lowest BCUT2D eigenvalue weighted by Gasteiger charge is -2.09. The van der Waals surface area contributed by atoms with Crippen LogP contribution in [0.5, 0.6) is 0 Å². The molecule has 2 heterocycles. The molecular formula is C9H10NO2. The molecule has 0 N–H and O–H groups in total. The molecule has 3 nitrogen and oxygen atoms in total. The van der Waals surface area contributed by atoms with Crippen molar-refractivity contribution >= 4 is 11.8 Å². The van der Waals surface area contributed by atoms with E-state index < -0.39 is 0 Å². The van der Waals surface area contributed by atoms with Crippen molar-refractivity contribution in [1.29, 1.82) is 0 Å². The zero-order valence-corrected chi connectivity index (χ0v) is 6.91. The summed E-state index contributed by atoms with van der Waals surface area (Å²) in [6.07, 6.45) is 1.42. The number of anilines is 1. The first kappa shape index (κ1) is 7.40. The van der Waals surface area contributed by atoms with Crippen LogP contribution in [-0.2, 0) is 4.79 Å². The molecule has 0 saturated carbocycles. The average Bonchev–Trinajstić information content (AvgIpc) is 2.58. The van der Waals surface area contributed by atoms with Gasteiger partial charge in [0, 0.05) is 12.5 Å². The van der Waals surface area contributed by atoms with Crippen molar-refractivity contribution in [3.63, 3.8) is 0 Å². The van der Waals surface area contributed by atoms with E-state index in [0.717, 1.165) is 12.2 Å². The number of hydrogen-bond acceptors (Lipinski definition) is 2. The minimum Gasteiger partial charge on any atom is -0.445 e. The van der Waals surface area contributed by atoms with Gasteiger partial charge in [-0.15, -0.1) is 0 Å². The highest BCUT2D eigenvalue weighted by Gasteiger charge is 2.24. The Morgan fingerprint density at radius 3 is 2.83 bits per heavy atom. The standard InChI is InChI=1S/C9H10NO2/c1-7-4-5-9(12-7)10-6-2-3-8(10)11/h4-6H,2-3H2,1H3. The van der Waals surface area contributed by atoms with Crippen molar-refractivity contribution in [2.24, 2.45) is 0 Å². The molecule has 3 heteroatoms. The Kier molecular flexibility index (Phi) is 1.64. The van der Waals surface area contributed by atoms with Crippen molar-refractivity contribution in [3.05, 3.63) is 24.4 Å². The molecule has 63 valence electrons. The fraction of sp³-hybridized carbons (Fsp3) is 0.333. The molecule has 0 spiro atoms. The first-order chi connectivity index (χ1) is 5.77. The van der Waals surface area contributed by atoms with Crippen LogP contribution < -0.4 is 4.90 Å². The third kappa shape index (κ3) is 1.11. The van der Waals surface area contributed by atoms with E-state index in [1.165, 1.54) is 0 Å². The summed E-state index contributed by atoms with van der Waals surface area (Å²) in [4.78, 5) is 12.8. The molecule has 0 aromatic carbocycles. The number of furan rings is 1. The largest absolute Gasteiger partial charge is 0.445 e. The van der Waals surface area contributed by atoms with Crippen LogP contribution >= 0.6 is 0 Å². The maximum atomic E-state index is 11.2. The third-order valence-corrected chi connectivity index (χ3v) is 1.90. The number of carbonyl (C=O) groups excluding carboxylic acids is 1. The molecule has 12 heavy (non-hydrogen) atoms. The Morgan fingerprint density at radius 1 is 1.50 bits per heavy atom. The van der Waals surface area contributed by atoms with Gasteiger partial charge in [-0.25, -0.2) is 0 Å². The van der Waals surface area contributed by atoms with Gasteiger partial charge < -0.3 is 4.42 Å². The lowest BCUT2D eigenvalue weighted by atomic mass is 10.4. The van der Waals surface area contributed by atoms with E-state index >= 15 is 0 Å². The molecule has 1 aliphatic rings. The lowest BCUT2D eigenvalue weighted by Crippen LogP contribution is -2.19.